The van der Waals surface area contributed by atoms with Gasteiger partial charge < -0.3 is 4.74 Å². The molecule has 1 atom stereocenters. The van der Waals surface area contributed by atoms with E-state index < -0.39 is 9.84 Å². The molecule has 6 nitrogen and oxygen atoms in total. The number of hydrogen-bond donors (Lipinski definition) is 0. The van der Waals surface area contributed by atoms with Crippen molar-refractivity contribution in [2.45, 2.75) is 26.3 Å². The van der Waals surface area contributed by atoms with Crippen LogP contribution in [0.5, 0.6) is 5.75 Å². The molecule has 1 aromatic carbocycles. The lowest BCUT2D eigenvalue weighted by Crippen LogP contribution is -2.13. The molecule has 2 aromatic rings. The Kier molecular flexibility index (Phi) is 5.00. The van der Waals surface area contributed by atoms with Gasteiger partial charge in [0, 0.05) is 16.8 Å². The second kappa shape index (κ2) is 7.07. The van der Waals surface area contributed by atoms with E-state index in [0.29, 0.717) is 17.7 Å². The van der Waals surface area contributed by atoms with Gasteiger partial charge in [0.1, 0.15) is 5.75 Å². The fourth-order valence-corrected chi connectivity index (χ4v) is 4.96. The standard InChI is InChI=1S/C19H22N2O4S/c1-13-18(7-8-19(22)15-5-4-6-17(11-15)25-3)14(2)21(20-13)16-9-10-26(23,24)12-16/h4-8,11,16H,9-10,12H2,1-3H3/b8-7+/t16-/m1/s1. The lowest BCUT2D eigenvalue weighted by Gasteiger charge is -2.10. The van der Waals surface area contributed by atoms with Crippen LogP contribution < -0.4 is 4.74 Å². The third-order valence-corrected chi connectivity index (χ3v) is 6.44. The summed E-state index contributed by atoms with van der Waals surface area (Å²) in [6, 6.07) is 6.86. The van der Waals surface area contributed by atoms with Crippen LogP contribution in [0.15, 0.2) is 30.3 Å². The van der Waals surface area contributed by atoms with Crippen molar-refractivity contribution >= 4 is 21.7 Å². The molecule has 1 aliphatic heterocycles. The molecule has 1 aliphatic rings. The summed E-state index contributed by atoms with van der Waals surface area (Å²) >= 11 is 0. The molecule has 138 valence electrons. The first kappa shape index (κ1) is 18.4. The minimum Gasteiger partial charge on any atom is -0.497 e. The van der Waals surface area contributed by atoms with Crippen LogP contribution in [0.3, 0.4) is 0 Å². The topological polar surface area (TPSA) is 78.3 Å². The Morgan fingerprint density at radius 1 is 1.35 bits per heavy atom. The van der Waals surface area contributed by atoms with Crippen molar-refractivity contribution in [2.24, 2.45) is 0 Å². The molecule has 1 fully saturated rings. The summed E-state index contributed by atoms with van der Waals surface area (Å²) in [6.45, 7) is 3.77. The quantitative estimate of drug-likeness (QED) is 0.594. The number of carbonyl (C=O) groups is 1. The average molecular weight is 374 g/mol. The number of methoxy groups -OCH3 is 1. The first-order chi connectivity index (χ1) is 12.3. The molecule has 0 spiro atoms. The summed E-state index contributed by atoms with van der Waals surface area (Å²) < 4.78 is 30.4. The Morgan fingerprint density at radius 3 is 2.77 bits per heavy atom. The van der Waals surface area contributed by atoms with Crippen LogP contribution >= 0.6 is 0 Å². The van der Waals surface area contributed by atoms with Crippen LogP contribution in [-0.4, -0.2) is 42.6 Å². The maximum atomic E-state index is 12.4. The minimum atomic E-state index is -2.98. The zero-order valence-corrected chi connectivity index (χ0v) is 15.9. The van der Waals surface area contributed by atoms with Gasteiger partial charge in [-0.25, -0.2) is 8.42 Å². The molecule has 0 radical (unpaired) electrons. The maximum absolute atomic E-state index is 12.4. The largest absolute Gasteiger partial charge is 0.497 e. The normalized spacial score (nSPS) is 19.1. The van der Waals surface area contributed by atoms with E-state index in [-0.39, 0.29) is 23.3 Å². The van der Waals surface area contributed by atoms with E-state index in [1.54, 1.807) is 42.1 Å². The number of benzene rings is 1. The highest BCUT2D eigenvalue weighted by atomic mass is 32.2. The van der Waals surface area contributed by atoms with Crippen molar-refractivity contribution < 1.29 is 17.9 Å². The highest BCUT2D eigenvalue weighted by Gasteiger charge is 2.31. The number of ketones is 1. The number of allylic oxidation sites excluding steroid dienone is 1. The molecule has 1 aromatic heterocycles. The fourth-order valence-electron chi connectivity index (χ4n) is 3.27. The Labute approximate surface area is 153 Å². The second-order valence-corrected chi connectivity index (χ2v) is 8.74. The van der Waals surface area contributed by atoms with Gasteiger partial charge in [-0.3, -0.25) is 9.48 Å². The molecule has 2 heterocycles. The van der Waals surface area contributed by atoms with E-state index in [1.165, 1.54) is 6.08 Å². The monoisotopic (exact) mass is 374 g/mol. The van der Waals surface area contributed by atoms with Crippen molar-refractivity contribution in [3.05, 3.63) is 52.9 Å². The number of ether oxygens (including phenoxy) is 1. The van der Waals surface area contributed by atoms with Crippen LogP contribution in [-0.2, 0) is 9.84 Å². The number of carbonyl (C=O) groups excluding carboxylic acids is 1. The summed E-state index contributed by atoms with van der Waals surface area (Å²) in [6.07, 6.45) is 3.84. The van der Waals surface area contributed by atoms with Crippen molar-refractivity contribution in [2.75, 3.05) is 18.6 Å². The van der Waals surface area contributed by atoms with Crippen molar-refractivity contribution in [1.82, 2.24) is 9.78 Å². The maximum Gasteiger partial charge on any atom is 0.185 e. The van der Waals surface area contributed by atoms with Gasteiger partial charge in [-0.2, -0.15) is 5.10 Å². The highest BCUT2D eigenvalue weighted by molar-refractivity contribution is 7.91. The first-order valence-electron chi connectivity index (χ1n) is 8.43. The number of aryl methyl sites for hydroxylation is 1. The van der Waals surface area contributed by atoms with Gasteiger partial charge >= 0.3 is 0 Å². The molecular weight excluding hydrogens is 352 g/mol. The van der Waals surface area contributed by atoms with Gasteiger partial charge in [-0.15, -0.1) is 0 Å². The lowest BCUT2D eigenvalue weighted by molar-refractivity contribution is 0.104. The number of sulfone groups is 1. The minimum absolute atomic E-state index is 0.126. The summed E-state index contributed by atoms with van der Waals surface area (Å²) in [5.41, 5.74) is 3.05. The number of nitrogens with zero attached hydrogens (tertiary/aromatic N) is 2. The average Bonchev–Trinajstić information content (AvgIpc) is 3.11. The van der Waals surface area contributed by atoms with Gasteiger partial charge in [0.05, 0.1) is 30.4 Å². The SMILES string of the molecule is COc1cccc(C(=O)/C=C/c2c(C)nn([C@@H]3CCS(=O)(=O)C3)c2C)c1. The Balaban J connectivity index is 1.84. The molecule has 0 aliphatic carbocycles. The Hall–Kier alpha value is -2.41. The predicted molar refractivity (Wildman–Crippen MR) is 100 cm³/mol. The molecule has 1 saturated heterocycles. The van der Waals surface area contributed by atoms with E-state index in [4.69, 9.17) is 4.74 Å². The van der Waals surface area contributed by atoms with Gasteiger partial charge in [0.25, 0.3) is 0 Å². The first-order valence-corrected chi connectivity index (χ1v) is 10.3. The van der Waals surface area contributed by atoms with Crippen LogP contribution in [0.4, 0.5) is 0 Å². The van der Waals surface area contributed by atoms with Gasteiger partial charge in [0.2, 0.25) is 0 Å². The molecule has 0 saturated carbocycles. The van der Waals surface area contributed by atoms with E-state index in [1.807, 2.05) is 13.8 Å². The number of rotatable bonds is 5. The molecular formula is C19H22N2O4S. The fraction of sp³-hybridized carbons (Fsp3) is 0.368. The molecule has 0 amide bonds. The summed E-state index contributed by atoms with van der Waals surface area (Å²) in [4.78, 5) is 12.4. The van der Waals surface area contributed by atoms with Gasteiger partial charge in [-0.1, -0.05) is 12.1 Å². The molecule has 0 unspecified atom stereocenters. The zero-order valence-electron chi connectivity index (χ0n) is 15.1. The number of aromatic nitrogens is 2. The Morgan fingerprint density at radius 2 is 2.12 bits per heavy atom. The predicted octanol–water partition coefficient (Wildman–Crippen LogP) is 2.76. The number of hydrogen-bond acceptors (Lipinski definition) is 5. The third-order valence-electron chi connectivity index (χ3n) is 4.69. The van der Waals surface area contributed by atoms with Gasteiger partial charge in [-0.05, 0) is 44.6 Å². The molecule has 0 bridgehead atoms. The van der Waals surface area contributed by atoms with Crippen molar-refractivity contribution in [3.63, 3.8) is 0 Å². The summed E-state index contributed by atoms with van der Waals surface area (Å²) in [5.74, 6) is 0.835. The summed E-state index contributed by atoms with van der Waals surface area (Å²) in [5, 5.41) is 4.51. The zero-order chi connectivity index (χ0) is 18.9. The van der Waals surface area contributed by atoms with Crippen LogP contribution in [0.25, 0.3) is 6.08 Å². The van der Waals surface area contributed by atoms with Crippen molar-refractivity contribution in [3.8, 4) is 5.75 Å². The van der Waals surface area contributed by atoms with Crippen LogP contribution in [0, 0.1) is 13.8 Å². The highest BCUT2D eigenvalue weighted by Crippen LogP contribution is 2.27. The molecule has 7 heteroatoms. The third kappa shape index (κ3) is 3.72. The van der Waals surface area contributed by atoms with Crippen LogP contribution in [0.2, 0.25) is 0 Å². The lowest BCUT2D eigenvalue weighted by atomic mass is 10.1. The van der Waals surface area contributed by atoms with E-state index >= 15 is 0 Å². The van der Waals surface area contributed by atoms with E-state index in [9.17, 15) is 13.2 Å². The van der Waals surface area contributed by atoms with E-state index in [0.717, 1.165) is 17.0 Å². The molecule has 0 N–H and O–H groups in total. The van der Waals surface area contributed by atoms with Crippen molar-refractivity contribution in [1.29, 1.82) is 0 Å². The molecule has 3 rings (SSSR count). The van der Waals surface area contributed by atoms with Crippen LogP contribution in [0.1, 0.15) is 39.8 Å². The second-order valence-electron chi connectivity index (χ2n) is 6.52. The Bertz CT molecular complexity index is 973. The summed E-state index contributed by atoms with van der Waals surface area (Å²) in [7, 11) is -1.42. The van der Waals surface area contributed by atoms with E-state index in [2.05, 4.69) is 5.10 Å². The smallest absolute Gasteiger partial charge is 0.185 e. The molecule has 26 heavy (non-hydrogen) atoms. The van der Waals surface area contributed by atoms with Gasteiger partial charge in [0.15, 0.2) is 15.6 Å².